The zero-order valence-electron chi connectivity index (χ0n) is 20.9. The highest BCUT2D eigenvalue weighted by Crippen LogP contribution is 2.36. The number of aromatic hydroxyl groups is 1. The van der Waals surface area contributed by atoms with Gasteiger partial charge in [-0.2, -0.15) is 0 Å². The van der Waals surface area contributed by atoms with Gasteiger partial charge in [-0.15, -0.1) is 13.2 Å². The minimum atomic E-state index is -4.75. The van der Waals surface area contributed by atoms with Crippen LogP contribution in [0.4, 0.5) is 18.0 Å². The Hall–Kier alpha value is -3.07. The third-order valence-electron chi connectivity index (χ3n) is 6.27. The van der Waals surface area contributed by atoms with E-state index in [0.717, 1.165) is 30.2 Å². The molecule has 6 nitrogen and oxygen atoms in total. The van der Waals surface area contributed by atoms with E-state index in [-0.39, 0.29) is 24.3 Å². The van der Waals surface area contributed by atoms with Crippen molar-refractivity contribution in [2.24, 2.45) is 5.92 Å². The van der Waals surface area contributed by atoms with Crippen LogP contribution in [0.5, 0.6) is 11.6 Å². The van der Waals surface area contributed by atoms with E-state index in [1.165, 1.54) is 24.3 Å². The molecule has 200 valence electrons. The van der Waals surface area contributed by atoms with E-state index in [0.29, 0.717) is 35.0 Å². The second-order valence-corrected chi connectivity index (χ2v) is 10.8. The second-order valence-electron chi connectivity index (χ2n) is 10.4. The molecule has 2 aromatic carbocycles. The molecule has 0 unspecified atom stereocenters. The van der Waals surface area contributed by atoms with Crippen LogP contribution < -0.4 is 4.74 Å². The number of nitrogens with zero attached hydrogens (tertiary/aromatic N) is 2. The number of piperidine rings is 1. The molecule has 1 fully saturated rings. The maximum Gasteiger partial charge on any atom is 0.573 e. The molecule has 3 aromatic rings. The standard InChI is InChI=1S/C27H30ClF3N2O4/c1-26(2,3)37-25(35)32-10-8-17(9-11-32)12-19-13-20-16-33(24(34)23(20)22(28)14-19)15-18-4-6-21(7-5-18)36-27(29,30)31/h4-7,13-14,16-17,34H,8-12,15H2,1-3H3. The number of hydrogen-bond acceptors (Lipinski definition) is 4. The summed E-state index contributed by atoms with van der Waals surface area (Å²) in [6.45, 7) is 7.09. The minimum Gasteiger partial charge on any atom is -0.494 e. The number of fused-ring (bicyclic) bond motifs is 1. The van der Waals surface area contributed by atoms with Crippen molar-refractivity contribution in [2.75, 3.05) is 13.1 Å². The van der Waals surface area contributed by atoms with E-state index in [4.69, 9.17) is 16.3 Å². The van der Waals surface area contributed by atoms with Crippen molar-refractivity contribution in [2.45, 2.75) is 58.5 Å². The molecule has 1 amide bonds. The zero-order valence-corrected chi connectivity index (χ0v) is 21.7. The lowest BCUT2D eigenvalue weighted by Gasteiger charge is -2.33. The van der Waals surface area contributed by atoms with Crippen molar-refractivity contribution in [3.8, 4) is 11.6 Å². The Balaban J connectivity index is 1.42. The molecule has 0 saturated carbocycles. The number of alkyl halides is 3. The third kappa shape index (κ3) is 7.03. The Bertz CT molecular complexity index is 1260. The fourth-order valence-corrected chi connectivity index (χ4v) is 4.94. The van der Waals surface area contributed by atoms with Gasteiger partial charge in [0.25, 0.3) is 0 Å². The molecule has 0 spiro atoms. The fourth-order valence-electron chi connectivity index (χ4n) is 4.61. The topological polar surface area (TPSA) is 63.9 Å². The van der Waals surface area contributed by atoms with Crippen LogP contribution in [0.2, 0.25) is 5.02 Å². The number of aromatic nitrogens is 1. The van der Waals surface area contributed by atoms with Crippen LogP contribution in [0.1, 0.15) is 44.7 Å². The maximum absolute atomic E-state index is 12.4. The summed E-state index contributed by atoms with van der Waals surface area (Å²) in [4.78, 5) is 14.1. The summed E-state index contributed by atoms with van der Waals surface area (Å²) >= 11 is 6.54. The van der Waals surface area contributed by atoms with Crippen LogP contribution in [0, 0.1) is 5.92 Å². The Morgan fingerprint density at radius 3 is 2.32 bits per heavy atom. The van der Waals surface area contributed by atoms with Gasteiger partial charge < -0.3 is 24.0 Å². The molecule has 1 saturated heterocycles. The lowest BCUT2D eigenvalue weighted by atomic mass is 9.90. The second kappa shape index (κ2) is 10.4. The van der Waals surface area contributed by atoms with Gasteiger partial charge in [0, 0.05) is 24.7 Å². The van der Waals surface area contributed by atoms with Gasteiger partial charge in [0.2, 0.25) is 5.88 Å². The first-order valence-corrected chi connectivity index (χ1v) is 12.5. The van der Waals surface area contributed by atoms with Crippen molar-refractivity contribution in [1.82, 2.24) is 9.47 Å². The van der Waals surface area contributed by atoms with E-state index in [1.54, 1.807) is 15.7 Å². The average molecular weight is 539 g/mol. The lowest BCUT2D eigenvalue weighted by molar-refractivity contribution is -0.274. The number of halogens is 4. The molecule has 10 heteroatoms. The van der Waals surface area contributed by atoms with Crippen LogP contribution in [0.3, 0.4) is 0 Å². The highest BCUT2D eigenvalue weighted by Gasteiger charge is 2.31. The van der Waals surface area contributed by atoms with Gasteiger partial charge in [-0.3, -0.25) is 0 Å². The summed E-state index contributed by atoms with van der Waals surface area (Å²) in [5.74, 6) is 0.0795. The molecule has 4 rings (SSSR count). The van der Waals surface area contributed by atoms with Crippen LogP contribution in [0.25, 0.3) is 10.8 Å². The van der Waals surface area contributed by atoms with Gasteiger partial charge in [0.05, 0.1) is 17.0 Å². The Morgan fingerprint density at radius 1 is 1.08 bits per heavy atom. The number of carbonyl (C=O) groups excluding carboxylic acids is 1. The monoisotopic (exact) mass is 538 g/mol. The molecule has 1 aliphatic rings. The maximum atomic E-state index is 12.4. The lowest BCUT2D eigenvalue weighted by Crippen LogP contribution is -2.42. The van der Waals surface area contributed by atoms with E-state index in [9.17, 15) is 23.1 Å². The molecule has 0 radical (unpaired) electrons. The minimum absolute atomic E-state index is 0.00663. The van der Waals surface area contributed by atoms with E-state index < -0.39 is 12.0 Å². The molecule has 37 heavy (non-hydrogen) atoms. The first kappa shape index (κ1) is 27.0. The normalized spacial score (nSPS) is 15.3. The molecule has 0 bridgehead atoms. The first-order valence-electron chi connectivity index (χ1n) is 12.1. The summed E-state index contributed by atoms with van der Waals surface area (Å²) in [6.07, 6.45) is -0.739. The molecule has 0 atom stereocenters. The van der Waals surface area contributed by atoms with E-state index >= 15 is 0 Å². The summed E-state index contributed by atoms with van der Waals surface area (Å²) in [5.41, 5.74) is 1.21. The number of rotatable bonds is 5. The summed E-state index contributed by atoms with van der Waals surface area (Å²) < 4.78 is 48.2. The largest absolute Gasteiger partial charge is 0.573 e. The van der Waals surface area contributed by atoms with Crippen molar-refractivity contribution >= 4 is 28.5 Å². The molecule has 2 heterocycles. The highest BCUT2D eigenvalue weighted by atomic mass is 35.5. The Morgan fingerprint density at radius 2 is 1.73 bits per heavy atom. The van der Waals surface area contributed by atoms with Gasteiger partial charge in [-0.1, -0.05) is 23.7 Å². The van der Waals surface area contributed by atoms with E-state index in [1.807, 2.05) is 32.9 Å². The van der Waals surface area contributed by atoms with Gasteiger partial charge in [-0.05, 0) is 81.3 Å². The number of likely N-dealkylation sites (tertiary alicyclic amines) is 1. The van der Waals surface area contributed by atoms with Crippen LogP contribution in [-0.4, -0.2) is 45.7 Å². The quantitative estimate of drug-likeness (QED) is 0.375. The van der Waals surface area contributed by atoms with Crippen molar-refractivity contribution in [1.29, 1.82) is 0 Å². The van der Waals surface area contributed by atoms with Crippen LogP contribution in [-0.2, 0) is 17.7 Å². The fraction of sp³-hybridized carbons (Fsp3) is 0.444. The van der Waals surface area contributed by atoms with Crippen LogP contribution in [0.15, 0.2) is 42.6 Å². The highest BCUT2D eigenvalue weighted by molar-refractivity contribution is 6.36. The van der Waals surface area contributed by atoms with Gasteiger partial charge in [-0.25, -0.2) is 4.79 Å². The average Bonchev–Trinajstić information content (AvgIpc) is 3.09. The smallest absolute Gasteiger partial charge is 0.494 e. The predicted molar refractivity (Wildman–Crippen MR) is 135 cm³/mol. The molecular formula is C27H30ClF3N2O4. The Kier molecular flexibility index (Phi) is 7.55. The van der Waals surface area contributed by atoms with Crippen molar-refractivity contribution in [3.63, 3.8) is 0 Å². The summed E-state index contributed by atoms with van der Waals surface area (Å²) in [7, 11) is 0. The number of benzene rings is 2. The van der Waals surface area contributed by atoms with Crippen LogP contribution >= 0.6 is 11.6 Å². The molecular weight excluding hydrogens is 509 g/mol. The number of ether oxygens (including phenoxy) is 2. The molecule has 1 N–H and O–H groups in total. The summed E-state index contributed by atoms with van der Waals surface area (Å²) in [5, 5.41) is 12.5. The van der Waals surface area contributed by atoms with Crippen molar-refractivity contribution < 1.29 is 32.5 Å². The number of carbonyl (C=O) groups is 1. The van der Waals surface area contributed by atoms with Gasteiger partial charge in [0.15, 0.2) is 0 Å². The van der Waals surface area contributed by atoms with E-state index in [2.05, 4.69) is 4.74 Å². The third-order valence-corrected chi connectivity index (χ3v) is 6.57. The summed E-state index contributed by atoms with van der Waals surface area (Å²) in [6, 6.07) is 9.36. The molecule has 0 aliphatic carbocycles. The Labute approximate surface area is 218 Å². The van der Waals surface area contributed by atoms with Gasteiger partial charge >= 0.3 is 12.5 Å². The van der Waals surface area contributed by atoms with Gasteiger partial charge in [0.1, 0.15) is 11.4 Å². The van der Waals surface area contributed by atoms with Crippen molar-refractivity contribution in [3.05, 3.63) is 58.7 Å². The molecule has 1 aliphatic heterocycles. The SMILES string of the molecule is CC(C)(C)OC(=O)N1CCC(Cc2cc(Cl)c3c(O)n(Cc4ccc(OC(F)(F)F)cc4)cc3c2)CC1. The number of amides is 1. The number of hydrogen-bond donors (Lipinski definition) is 1. The molecule has 1 aromatic heterocycles. The zero-order chi connectivity index (χ0) is 27.0. The first-order chi connectivity index (χ1) is 17.3. The predicted octanol–water partition coefficient (Wildman–Crippen LogP) is 7.14.